The van der Waals surface area contributed by atoms with Crippen molar-refractivity contribution in [2.45, 2.75) is 37.2 Å². The molecule has 8 heteroatoms. The Morgan fingerprint density at radius 2 is 1.29 bits per heavy atom. The number of rotatable bonds is 2. The highest BCUT2D eigenvalue weighted by atomic mass is 31.1. The van der Waals surface area contributed by atoms with Gasteiger partial charge in [-0.05, 0) is 13.8 Å². The molecule has 0 saturated carbocycles. The summed E-state index contributed by atoms with van der Waals surface area (Å²) in [5.74, 6) is -5.29. The van der Waals surface area contributed by atoms with E-state index in [9.17, 15) is 26.3 Å². The predicted octanol–water partition coefficient (Wildman–Crippen LogP) is 3.64. The number of alkyl halides is 6. The molecular weight excluding hydrogens is 233 g/mol. The maximum Gasteiger partial charge on any atom is 0.384 e. The van der Waals surface area contributed by atoms with Gasteiger partial charge in [-0.3, -0.25) is 0 Å². The zero-order valence-electron chi connectivity index (χ0n) is 7.20. The molecule has 1 fully saturated rings. The van der Waals surface area contributed by atoms with Crippen LogP contribution in [0.1, 0.15) is 13.8 Å². The molecule has 0 spiro atoms. The van der Waals surface area contributed by atoms with Gasteiger partial charge in [-0.25, -0.2) is 0 Å². The van der Waals surface area contributed by atoms with E-state index >= 15 is 0 Å². The molecule has 14 heavy (non-hydrogen) atoms. The second-order valence-corrected chi connectivity index (χ2v) is 5.03. The fourth-order valence-corrected chi connectivity index (χ4v) is 2.57. The molecule has 0 aromatic carbocycles. The van der Waals surface area contributed by atoms with Crippen LogP contribution >= 0.6 is 8.15 Å². The third kappa shape index (κ3) is 1.25. The minimum absolute atomic E-state index is 0.936. The summed E-state index contributed by atoms with van der Waals surface area (Å²) in [5, 5.41) is 0. The van der Waals surface area contributed by atoms with E-state index in [4.69, 9.17) is 0 Å². The lowest BCUT2D eigenvalue weighted by molar-refractivity contribution is -0.287. The normalized spacial score (nSPS) is 28.9. The third-order valence-electron chi connectivity index (χ3n) is 1.58. The lowest BCUT2D eigenvalue weighted by Crippen LogP contribution is -2.64. The van der Waals surface area contributed by atoms with Gasteiger partial charge in [0.15, 0.2) is 8.15 Å². The summed E-state index contributed by atoms with van der Waals surface area (Å²) < 4.78 is 78.6. The van der Waals surface area contributed by atoms with Crippen molar-refractivity contribution in [1.82, 2.24) is 0 Å². The Labute approximate surface area is 77.3 Å². The number of hydrogen-bond donors (Lipinski definition) is 0. The van der Waals surface area contributed by atoms with Crippen LogP contribution in [0, 0.1) is 0 Å². The Hall–Kier alpha value is -0.0300. The minimum atomic E-state index is -5.29. The van der Waals surface area contributed by atoms with Crippen LogP contribution in [0.2, 0.25) is 0 Å². The topological polar surface area (TPSA) is 9.23 Å². The van der Waals surface area contributed by atoms with Crippen molar-refractivity contribution in [3.63, 3.8) is 0 Å². The molecular formula is C6H7F6OP. The molecule has 0 N–H and O–H groups in total. The maximum atomic E-state index is 12.5. The fraction of sp³-hybridized carbons (Fsp3) is 1.00. The molecule has 0 aromatic rings. The standard InChI is InChI=1S/C6H7F6OP/c1-3(2)13-14-5(9,10)4(7,8)6(14,11)12/h3H,1-2H3. The van der Waals surface area contributed by atoms with Crippen LogP contribution in [0.25, 0.3) is 0 Å². The van der Waals surface area contributed by atoms with Crippen LogP contribution in [0.5, 0.6) is 0 Å². The van der Waals surface area contributed by atoms with Crippen molar-refractivity contribution < 1.29 is 30.9 Å². The lowest BCUT2D eigenvalue weighted by atomic mass is 10.3. The molecule has 0 aromatic heterocycles. The summed E-state index contributed by atoms with van der Waals surface area (Å²) in [6.45, 7) is 2.45. The van der Waals surface area contributed by atoms with Crippen LogP contribution in [-0.2, 0) is 4.52 Å². The van der Waals surface area contributed by atoms with Crippen molar-refractivity contribution in [2.75, 3.05) is 0 Å². The molecule has 1 heterocycles. The molecule has 1 rings (SSSR count). The summed E-state index contributed by atoms with van der Waals surface area (Å²) >= 11 is 0. The van der Waals surface area contributed by atoms with Crippen molar-refractivity contribution in [1.29, 1.82) is 0 Å². The van der Waals surface area contributed by atoms with Crippen molar-refractivity contribution >= 4 is 8.15 Å². The number of halogens is 6. The molecule has 0 unspecified atom stereocenters. The molecule has 0 amide bonds. The van der Waals surface area contributed by atoms with Gasteiger partial charge < -0.3 is 4.52 Å². The van der Waals surface area contributed by atoms with Crippen LogP contribution in [-0.4, -0.2) is 23.4 Å². The van der Waals surface area contributed by atoms with E-state index in [0.717, 1.165) is 0 Å². The summed E-state index contributed by atoms with van der Waals surface area (Å²) in [5.41, 5.74) is -9.48. The number of hydrogen-bond acceptors (Lipinski definition) is 1. The van der Waals surface area contributed by atoms with Crippen LogP contribution < -0.4 is 0 Å². The van der Waals surface area contributed by atoms with E-state index in [-0.39, 0.29) is 0 Å². The average Bonchev–Trinajstić information content (AvgIpc) is 1.98. The van der Waals surface area contributed by atoms with E-state index in [1.807, 2.05) is 0 Å². The molecule has 0 atom stereocenters. The monoisotopic (exact) mass is 240 g/mol. The van der Waals surface area contributed by atoms with E-state index in [0.29, 0.717) is 0 Å². The van der Waals surface area contributed by atoms with E-state index in [2.05, 4.69) is 4.52 Å². The fourth-order valence-electron chi connectivity index (χ4n) is 0.903. The molecule has 1 saturated heterocycles. The summed E-state index contributed by atoms with van der Waals surface area (Å²) in [7, 11) is -3.73. The van der Waals surface area contributed by atoms with Gasteiger partial charge >= 0.3 is 17.2 Å². The highest BCUT2D eigenvalue weighted by Gasteiger charge is 2.92. The van der Waals surface area contributed by atoms with Gasteiger partial charge in [-0.1, -0.05) is 0 Å². The van der Waals surface area contributed by atoms with Gasteiger partial charge in [0.25, 0.3) is 0 Å². The smallest absolute Gasteiger partial charge is 0.345 e. The molecule has 0 radical (unpaired) electrons. The Bertz CT molecular complexity index is 222. The van der Waals surface area contributed by atoms with E-state index < -0.39 is 31.5 Å². The van der Waals surface area contributed by atoms with Crippen molar-refractivity contribution in [2.24, 2.45) is 0 Å². The zero-order valence-corrected chi connectivity index (χ0v) is 8.10. The quantitative estimate of drug-likeness (QED) is 0.528. The highest BCUT2D eigenvalue weighted by molar-refractivity contribution is 7.57. The van der Waals surface area contributed by atoms with Crippen molar-refractivity contribution in [3.05, 3.63) is 0 Å². The molecule has 1 nitrogen and oxygen atoms in total. The van der Waals surface area contributed by atoms with Crippen LogP contribution in [0.4, 0.5) is 26.3 Å². The largest absolute Gasteiger partial charge is 0.384 e. The molecule has 1 aliphatic heterocycles. The first-order valence-corrected chi connectivity index (χ1v) is 4.91. The predicted molar refractivity (Wildman–Crippen MR) is 38.0 cm³/mol. The highest BCUT2D eigenvalue weighted by Crippen LogP contribution is 2.83. The summed E-state index contributed by atoms with van der Waals surface area (Å²) in [6, 6.07) is 0. The van der Waals surface area contributed by atoms with Gasteiger partial charge in [0.2, 0.25) is 0 Å². The Morgan fingerprint density at radius 1 is 0.929 bits per heavy atom. The molecule has 0 bridgehead atoms. The second kappa shape index (κ2) is 2.98. The third-order valence-corrected chi connectivity index (χ3v) is 3.80. The van der Waals surface area contributed by atoms with Gasteiger partial charge in [-0.2, -0.15) is 26.3 Å². The van der Waals surface area contributed by atoms with E-state index in [1.165, 1.54) is 13.8 Å². The average molecular weight is 240 g/mol. The summed E-state index contributed by atoms with van der Waals surface area (Å²) in [4.78, 5) is 0. The Balaban J connectivity index is 2.89. The Kier molecular flexibility index (Phi) is 2.56. The second-order valence-electron chi connectivity index (χ2n) is 3.11. The first kappa shape index (κ1) is 12.0. The maximum absolute atomic E-state index is 12.5. The van der Waals surface area contributed by atoms with Gasteiger partial charge in [0.05, 0.1) is 6.10 Å². The minimum Gasteiger partial charge on any atom is -0.345 e. The van der Waals surface area contributed by atoms with Crippen LogP contribution in [0.3, 0.4) is 0 Å². The first-order chi connectivity index (χ1) is 6.05. The van der Waals surface area contributed by atoms with Gasteiger partial charge in [-0.15, -0.1) is 0 Å². The van der Waals surface area contributed by atoms with Gasteiger partial charge in [0, 0.05) is 0 Å². The van der Waals surface area contributed by atoms with Crippen molar-refractivity contribution in [3.8, 4) is 0 Å². The molecule has 0 aliphatic carbocycles. The van der Waals surface area contributed by atoms with E-state index in [1.54, 1.807) is 0 Å². The zero-order chi connectivity index (χ0) is 11.4. The molecule has 84 valence electrons. The lowest BCUT2D eigenvalue weighted by Gasteiger charge is -2.49. The Morgan fingerprint density at radius 3 is 1.57 bits per heavy atom. The molecule has 1 aliphatic rings. The van der Waals surface area contributed by atoms with Gasteiger partial charge in [0.1, 0.15) is 0 Å². The SMILES string of the molecule is CC(C)OP1C(F)(F)C(F)(F)C1(F)F. The summed E-state index contributed by atoms with van der Waals surface area (Å²) in [6.07, 6.45) is -0.936. The first-order valence-electron chi connectivity index (χ1n) is 3.65. The van der Waals surface area contributed by atoms with Crippen LogP contribution in [0.15, 0.2) is 0 Å².